The Balaban J connectivity index is 2.35. The number of halogens is 1. The molecule has 0 radical (unpaired) electrons. The van der Waals surface area contributed by atoms with Crippen molar-refractivity contribution in [1.29, 1.82) is 0 Å². The standard InChI is InChI=1S/C15H14FNO2/c1-2-17(14-6-4-3-5-13(14)16)15(19)11-7-9-12(18)10-8-11/h3-10,18H,2H2,1H3. The number of hydrogen-bond donors (Lipinski definition) is 1. The van der Waals surface area contributed by atoms with E-state index in [1.807, 2.05) is 0 Å². The first-order chi connectivity index (χ1) is 9.13. The highest BCUT2D eigenvalue weighted by atomic mass is 19.1. The normalized spacial score (nSPS) is 10.2. The van der Waals surface area contributed by atoms with Crippen LogP contribution in [0, 0.1) is 5.82 Å². The fraction of sp³-hybridized carbons (Fsp3) is 0.133. The van der Waals surface area contributed by atoms with Crippen LogP contribution in [0.4, 0.5) is 10.1 Å². The van der Waals surface area contributed by atoms with E-state index < -0.39 is 5.82 Å². The lowest BCUT2D eigenvalue weighted by Crippen LogP contribution is -2.31. The molecule has 2 aromatic carbocycles. The molecule has 0 aliphatic carbocycles. The molecular formula is C15H14FNO2. The molecule has 0 saturated carbocycles. The van der Waals surface area contributed by atoms with Crippen LogP contribution >= 0.6 is 0 Å². The molecule has 0 aliphatic rings. The van der Waals surface area contributed by atoms with Gasteiger partial charge in [-0.05, 0) is 43.3 Å². The highest BCUT2D eigenvalue weighted by Crippen LogP contribution is 2.21. The summed E-state index contributed by atoms with van der Waals surface area (Å²) in [5, 5.41) is 9.21. The number of hydrogen-bond acceptors (Lipinski definition) is 2. The Labute approximate surface area is 110 Å². The van der Waals surface area contributed by atoms with Crippen molar-refractivity contribution in [3.8, 4) is 5.75 Å². The van der Waals surface area contributed by atoms with Gasteiger partial charge in [-0.2, -0.15) is 0 Å². The van der Waals surface area contributed by atoms with Crippen LogP contribution < -0.4 is 4.90 Å². The van der Waals surface area contributed by atoms with Crippen LogP contribution in [-0.4, -0.2) is 17.6 Å². The summed E-state index contributed by atoms with van der Waals surface area (Å²) >= 11 is 0. The molecule has 0 bridgehead atoms. The summed E-state index contributed by atoms with van der Waals surface area (Å²) in [6, 6.07) is 12.1. The molecule has 0 spiro atoms. The Bertz CT molecular complexity index is 581. The molecule has 0 aliphatic heterocycles. The smallest absolute Gasteiger partial charge is 0.258 e. The minimum atomic E-state index is -0.434. The van der Waals surface area contributed by atoms with Crippen molar-refractivity contribution in [2.45, 2.75) is 6.92 Å². The van der Waals surface area contributed by atoms with Gasteiger partial charge >= 0.3 is 0 Å². The van der Waals surface area contributed by atoms with E-state index in [4.69, 9.17) is 0 Å². The molecule has 2 aromatic rings. The Morgan fingerprint density at radius 1 is 1.16 bits per heavy atom. The first-order valence-corrected chi connectivity index (χ1v) is 5.99. The third kappa shape index (κ3) is 2.73. The molecular weight excluding hydrogens is 245 g/mol. The number of rotatable bonds is 3. The third-order valence-electron chi connectivity index (χ3n) is 2.82. The zero-order valence-electron chi connectivity index (χ0n) is 10.5. The van der Waals surface area contributed by atoms with Gasteiger partial charge in [-0.1, -0.05) is 12.1 Å². The summed E-state index contributed by atoms with van der Waals surface area (Å²) in [7, 11) is 0. The van der Waals surface area contributed by atoms with E-state index in [1.54, 1.807) is 25.1 Å². The largest absolute Gasteiger partial charge is 0.508 e. The van der Waals surface area contributed by atoms with Crippen molar-refractivity contribution in [2.24, 2.45) is 0 Å². The summed E-state index contributed by atoms with van der Waals surface area (Å²) in [6.07, 6.45) is 0. The van der Waals surface area contributed by atoms with Crippen molar-refractivity contribution in [3.63, 3.8) is 0 Å². The monoisotopic (exact) mass is 259 g/mol. The average molecular weight is 259 g/mol. The Kier molecular flexibility index (Phi) is 3.80. The molecule has 98 valence electrons. The quantitative estimate of drug-likeness (QED) is 0.919. The minimum Gasteiger partial charge on any atom is -0.508 e. The molecule has 3 nitrogen and oxygen atoms in total. The summed E-state index contributed by atoms with van der Waals surface area (Å²) in [4.78, 5) is 13.7. The number of carbonyl (C=O) groups is 1. The molecule has 0 aromatic heterocycles. The highest BCUT2D eigenvalue weighted by Gasteiger charge is 2.18. The van der Waals surface area contributed by atoms with Crippen LogP contribution in [0.15, 0.2) is 48.5 Å². The maximum absolute atomic E-state index is 13.7. The number of phenolic OH excluding ortho intramolecular Hbond substituents is 1. The van der Waals surface area contributed by atoms with Gasteiger partial charge in [-0.15, -0.1) is 0 Å². The van der Waals surface area contributed by atoms with E-state index in [0.717, 1.165) is 0 Å². The van der Waals surface area contributed by atoms with Gasteiger partial charge in [0.1, 0.15) is 11.6 Å². The van der Waals surface area contributed by atoms with Gasteiger partial charge in [0.2, 0.25) is 0 Å². The molecule has 0 unspecified atom stereocenters. The number of benzene rings is 2. The van der Waals surface area contributed by atoms with Crippen LogP contribution in [0.3, 0.4) is 0 Å². The molecule has 0 saturated heterocycles. The predicted molar refractivity (Wildman–Crippen MR) is 71.9 cm³/mol. The van der Waals surface area contributed by atoms with E-state index >= 15 is 0 Å². The van der Waals surface area contributed by atoms with Crippen LogP contribution in [0.25, 0.3) is 0 Å². The molecule has 0 heterocycles. The van der Waals surface area contributed by atoms with Crippen LogP contribution in [0.1, 0.15) is 17.3 Å². The second-order valence-corrected chi connectivity index (χ2v) is 4.05. The Morgan fingerprint density at radius 2 is 1.79 bits per heavy atom. The average Bonchev–Trinajstić information content (AvgIpc) is 2.42. The molecule has 4 heteroatoms. The minimum absolute atomic E-state index is 0.0884. The zero-order chi connectivity index (χ0) is 13.8. The highest BCUT2D eigenvalue weighted by molar-refractivity contribution is 6.06. The maximum Gasteiger partial charge on any atom is 0.258 e. The van der Waals surface area contributed by atoms with Gasteiger partial charge in [0, 0.05) is 12.1 Å². The molecule has 1 amide bonds. The topological polar surface area (TPSA) is 40.5 Å². The lowest BCUT2D eigenvalue weighted by Gasteiger charge is -2.21. The van der Waals surface area contributed by atoms with E-state index in [9.17, 15) is 14.3 Å². The molecule has 19 heavy (non-hydrogen) atoms. The van der Waals surface area contributed by atoms with E-state index in [0.29, 0.717) is 12.1 Å². The van der Waals surface area contributed by atoms with Crippen molar-refractivity contribution in [2.75, 3.05) is 11.4 Å². The number of phenols is 1. The molecule has 0 fully saturated rings. The fourth-order valence-electron chi connectivity index (χ4n) is 1.85. The van der Waals surface area contributed by atoms with Gasteiger partial charge in [0.15, 0.2) is 0 Å². The summed E-state index contributed by atoms with van der Waals surface area (Å²) in [5.41, 5.74) is 0.658. The maximum atomic E-state index is 13.7. The lowest BCUT2D eigenvalue weighted by molar-refractivity contribution is 0.0987. The van der Waals surface area contributed by atoms with Crippen LogP contribution in [-0.2, 0) is 0 Å². The number of amides is 1. The van der Waals surface area contributed by atoms with Gasteiger partial charge in [-0.25, -0.2) is 4.39 Å². The molecule has 0 atom stereocenters. The second-order valence-electron chi connectivity index (χ2n) is 4.05. The van der Waals surface area contributed by atoms with Crippen molar-refractivity contribution in [3.05, 3.63) is 59.9 Å². The van der Waals surface area contributed by atoms with Gasteiger partial charge in [0.05, 0.1) is 5.69 Å². The fourth-order valence-corrected chi connectivity index (χ4v) is 1.85. The van der Waals surface area contributed by atoms with E-state index in [-0.39, 0.29) is 17.3 Å². The first kappa shape index (κ1) is 13.1. The zero-order valence-corrected chi connectivity index (χ0v) is 10.5. The predicted octanol–water partition coefficient (Wildman–Crippen LogP) is 3.20. The Hall–Kier alpha value is -2.36. The molecule has 2 rings (SSSR count). The number of para-hydroxylation sites is 1. The van der Waals surface area contributed by atoms with Crippen molar-refractivity contribution in [1.82, 2.24) is 0 Å². The summed E-state index contributed by atoms with van der Waals surface area (Å²) in [6.45, 7) is 2.14. The summed E-state index contributed by atoms with van der Waals surface area (Å²) in [5.74, 6) is -0.644. The number of nitrogens with zero attached hydrogens (tertiary/aromatic N) is 1. The third-order valence-corrected chi connectivity index (χ3v) is 2.82. The summed E-state index contributed by atoms with van der Waals surface area (Å²) < 4.78 is 13.7. The van der Waals surface area contributed by atoms with Crippen molar-refractivity contribution >= 4 is 11.6 Å². The lowest BCUT2D eigenvalue weighted by atomic mass is 10.1. The van der Waals surface area contributed by atoms with Crippen molar-refractivity contribution < 1.29 is 14.3 Å². The van der Waals surface area contributed by atoms with Gasteiger partial charge < -0.3 is 10.0 Å². The second kappa shape index (κ2) is 5.52. The number of carbonyl (C=O) groups excluding carboxylic acids is 1. The van der Waals surface area contributed by atoms with E-state index in [1.165, 1.54) is 35.2 Å². The SMILES string of the molecule is CCN(C(=O)c1ccc(O)cc1)c1ccccc1F. The van der Waals surface area contributed by atoms with Gasteiger partial charge in [0.25, 0.3) is 5.91 Å². The Morgan fingerprint density at radius 3 is 2.37 bits per heavy atom. The number of aromatic hydroxyl groups is 1. The van der Waals surface area contributed by atoms with Crippen LogP contribution in [0.5, 0.6) is 5.75 Å². The van der Waals surface area contributed by atoms with E-state index in [2.05, 4.69) is 0 Å². The van der Waals surface area contributed by atoms with Gasteiger partial charge in [-0.3, -0.25) is 4.79 Å². The molecule has 1 N–H and O–H groups in total. The first-order valence-electron chi connectivity index (χ1n) is 5.99. The number of anilines is 1. The van der Waals surface area contributed by atoms with Crippen LogP contribution in [0.2, 0.25) is 0 Å².